The summed E-state index contributed by atoms with van der Waals surface area (Å²) in [7, 11) is 0. The molecule has 0 amide bonds. The minimum absolute atomic E-state index is 0.0398. The third-order valence-corrected chi connectivity index (χ3v) is 16.6. The SMILES string of the molecule is O=C(OCc1cc(OCc2cc(OCc3ccc(C(=O)c4ccccc4)cc3)cc(OCc3ccc(C(=O)c4ccccc4)cc3)c2)cc(OCc2cc(OCc3ccc(C(=O)c4ccccc4)cc3)cc(OCc3ccc(C(=O)c4ccccc4)cc3)c2)c1)c1ccc2ccccc2c1. The summed E-state index contributed by atoms with van der Waals surface area (Å²) >= 11 is 0. The fraction of sp³-hybridized carbons (Fsp3) is 0.0795. The lowest BCUT2D eigenvalue weighted by molar-refractivity contribution is 0.0471. The molecule has 12 nitrogen and oxygen atoms in total. The Bertz CT molecular complexity index is 4500. The highest BCUT2D eigenvalue weighted by Crippen LogP contribution is 2.32. The van der Waals surface area contributed by atoms with Gasteiger partial charge >= 0.3 is 5.97 Å². The van der Waals surface area contributed by atoms with Crippen LogP contribution in [0.4, 0.5) is 0 Å². The highest BCUT2D eigenvalue weighted by atomic mass is 16.5. The number of hydrogen-bond donors (Lipinski definition) is 0. The van der Waals surface area contributed by atoms with Gasteiger partial charge in [-0.15, -0.1) is 0 Å². The first-order valence-corrected chi connectivity index (χ1v) is 32.6. The van der Waals surface area contributed by atoms with Crippen molar-refractivity contribution in [1.29, 1.82) is 0 Å². The van der Waals surface area contributed by atoms with Crippen LogP contribution in [-0.4, -0.2) is 29.1 Å². The maximum absolute atomic E-state index is 13.8. The standard InChI is InChI=1S/C88H66O12/c89-84(68-16-5-1-6-17-68)72-33-25-60(26-34-72)53-94-78-43-64(44-79(50-78)95-54-61-27-35-73(36-28-61)85(90)69-18-7-2-8-19-69)57-98-82-47-66(59-100-88(93)77-42-41-67-15-13-14-24-76(67)49-77)48-83(52-82)99-58-65-45-80(96-55-62-29-37-74(38-30-62)86(91)70-20-9-3-10-21-70)51-81(46-65)97-56-63-31-39-75(40-32-63)87(92)71-22-11-4-12-23-71/h1-52H,53-59H2. The molecule has 0 aliphatic carbocycles. The maximum Gasteiger partial charge on any atom is 0.338 e. The van der Waals surface area contributed by atoms with E-state index in [1.807, 2.05) is 182 Å². The van der Waals surface area contributed by atoms with Gasteiger partial charge in [0.1, 0.15) is 80.7 Å². The normalized spacial score (nSPS) is 10.9. The number of rotatable bonds is 29. The van der Waals surface area contributed by atoms with Crippen LogP contribution in [-0.2, 0) is 51.0 Å². The van der Waals surface area contributed by atoms with Crippen LogP contribution >= 0.6 is 0 Å². The van der Waals surface area contributed by atoms with Crippen LogP contribution < -0.4 is 28.4 Å². The number of ketones is 4. The van der Waals surface area contributed by atoms with E-state index in [0.717, 1.165) is 33.0 Å². The van der Waals surface area contributed by atoms with E-state index in [1.54, 1.807) is 133 Å². The van der Waals surface area contributed by atoms with E-state index in [0.29, 0.717) is 101 Å². The Balaban J connectivity index is 0.757. The molecule has 12 heteroatoms. The van der Waals surface area contributed by atoms with Crippen LogP contribution in [0.15, 0.2) is 315 Å². The molecule has 0 unspecified atom stereocenters. The van der Waals surface area contributed by atoms with Gasteiger partial charge in [0.2, 0.25) is 0 Å². The molecule has 0 heterocycles. The van der Waals surface area contributed by atoms with Crippen molar-refractivity contribution in [1.82, 2.24) is 0 Å². The minimum Gasteiger partial charge on any atom is -0.489 e. The molecule has 0 fully saturated rings. The fourth-order valence-electron chi connectivity index (χ4n) is 11.2. The third-order valence-electron chi connectivity index (χ3n) is 16.6. The van der Waals surface area contributed by atoms with E-state index >= 15 is 0 Å². The summed E-state index contributed by atoms with van der Waals surface area (Å²) in [5.74, 6) is 2.00. The van der Waals surface area contributed by atoms with Gasteiger partial charge in [0.15, 0.2) is 23.1 Å². The van der Waals surface area contributed by atoms with Crippen molar-refractivity contribution in [3.8, 4) is 34.5 Å². The van der Waals surface area contributed by atoms with Crippen LogP contribution in [0, 0.1) is 0 Å². The summed E-state index contributed by atoms with van der Waals surface area (Å²) in [6.45, 7) is 0.696. The van der Waals surface area contributed by atoms with Crippen molar-refractivity contribution in [2.75, 3.05) is 0 Å². The molecule has 0 aliphatic heterocycles. The molecule has 0 radical (unpaired) electrons. The predicted molar refractivity (Wildman–Crippen MR) is 384 cm³/mol. The third kappa shape index (κ3) is 17.4. The summed E-state index contributed by atoms with van der Waals surface area (Å²) in [4.78, 5) is 66.7. The molecule has 0 N–H and O–H groups in total. The molecule has 0 bridgehead atoms. The second-order valence-corrected chi connectivity index (χ2v) is 23.9. The minimum atomic E-state index is -0.505. The van der Waals surface area contributed by atoms with Crippen molar-refractivity contribution in [3.05, 3.63) is 404 Å². The zero-order chi connectivity index (χ0) is 68.4. The van der Waals surface area contributed by atoms with E-state index in [2.05, 4.69) is 0 Å². The predicted octanol–water partition coefficient (Wildman–Crippen LogP) is 18.6. The number of hydrogen-bond acceptors (Lipinski definition) is 12. The average Bonchev–Trinajstić information content (AvgIpc) is 0.869. The van der Waals surface area contributed by atoms with E-state index in [-0.39, 0.29) is 69.4 Å². The molecule has 13 aromatic carbocycles. The quantitative estimate of drug-likeness (QED) is 0.0324. The van der Waals surface area contributed by atoms with Crippen molar-refractivity contribution < 1.29 is 57.1 Å². The molecular formula is C88H66O12. The summed E-state index contributed by atoms with van der Waals surface area (Å²) in [5.41, 5.74) is 10.4. The van der Waals surface area contributed by atoms with Crippen molar-refractivity contribution in [2.24, 2.45) is 0 Å². The molecule has 13 rings (SSSR count). The number of fused-ring (bicyclic) bond motifs is 1. The lowest BCUT2D eigenvalue weighted by atomic mass is 10.0. The van der Waals surface area contributed by atoms with Gasteiger partial charge in [-0.05, 0) is 98.2 Å². The first-order chi connectivity index (χ1) is 49.0. The Labute approximate surface area is 579 Å². The first kappa shape index (κ1) is 65.7. The fourth-order valence-corrected chi connectivity index (χ4v) is 11.2. The van der Waals surface area contributed by atoms with Gasteiger partial charge < -0.3 is 33.2 Å². The van der Waals surface area contributed by atoms with Gasteiger partial charge in [0, 0.05) is 62.7 Å². The Kier molecular flexibility index (Phi) is 20.9. The van der Waals surface area contributed by atoms with Gasteiger partial charge in [-0.1, -0.05) is 249 Å². The van der Waals surface area contributed by atoms with E-state index < -0.39 is 5.97 Å². The van der Waals surface area contributed by atoms with Crippen molar-refractivity contribution in [3.63, 3.8) is 0 Å². The van der Waals surface area contributed by atoms with E-state index in [9.17, 15) is 24.0 Å². The van der Waals surface area contributed by atoms with Crippen LogP contribution in [0.1, 0.15) is 113 Å². The van der Waals surface area contributed by atoms with Gasteiger partial charge in [-0.3, -0.25) is 19.2 Å². The smallest absolute Gasteiger partial charge is 0.338 e. The summed E-state index contributed by atoms with van der Waals surface area (Å²) < 4.78 is 45.1. The van der Waals surface area contributed by atoms with E-state index in [4.69, 9.17) is 33.2 Å². The van der Waals surface area contributed by atoms with Gasteiger partial charge in [-0.25, -0.2) is 4.79 Å². The molecule has 13 aromatic rings. The van der Waals surface area contributed by atoms with E-state index in [1.165, 1.54) is 0 Å². The first-order valence-electron chi connectivity index (χ1n) is 32.6. The summed E-state index contributed by atoms with van der Waals surface area (Å²) in [6.07, 6.45) is 0. The zero-order valence-electron chi connectivity index (χ0n) is 54.4. The molecule has 0 atom stereocenters. The topological polar surface area (TPSA) is 150 Å². The second kappa shape index (κ2) is 31.7. The van der Waals surface area contributed by atoms with Crippen LogP contribution in [0.5, 0.6) is 34.5 Å². The lowest BCUT2D eigenvalue weighted by Crippen LogP contribution is -2.06. The highest BCUT2D eigenvalue weighted by molar-refractivity contribution is 6.11. The monoisotopic (exact) mass is 1310 g/mol. The van der Waals surface area contributed by atoms with Crippen molar-refractivity contribution in [2.45, 2.75) is 46.2 Å². The number of carbonyl (C=O) groups is 5. The average molecular weight is 1320 g/mol. The molecule has 0 aliphatic rings. The Morgan fingerprint density at radius 3 is 0.710 bits per heavy atom. The largest absolute Gasteiger partial charge is 0.489 e. The Morgan fingerprint density at radius 2 is 0.420 bits per heavy atom. The molecular weight excluding hydrogens is 1250 g/mol. The van der Waals surface area contributed by atoms with Crippen LogP contribution in [0.3, 0.4) is 0 Å². The highest BCUT2D eigenvalue weighted by Gasteiger charge is 2.17. The number of esters is 1. The molecule has 0 saturated heterocycles. The summed E-state index contributed by atoms with van der Waals surface area (Å²) in [5, 5.41) is 1.90. The van der Waals surface area contributed by atoms with Crippen LogP contribution in [0.2, 0.25) is 0 Å². The summed E-state index contributed by atoms with van der Waals surface area (Å²) in [6, 6.07) is 95.6. The number of carbonyl (C=O) groups excluding carboxylic acids is 5. The van der Waals surface area contributed by atoms with Crippen LogP contribution in [0.25, 0.3) is 10.8 Å². The molecule has 100 heavy (non-hydrogen) atoms. The second-order valence-electron chi connectivity index (χ2n) is 23.9. The zero-order valence-corrected chi connectivity index (χ0v) is 54.4. The molecule has 0 saturated carbocycles. The van der Waals surface area contributed by atoms with Gasteiger partial charge in [-0.2, -0.15) is 0 Å². The Morgan fingerprint density at radius 1 is 0.190 bits per heavy atom. The van der Waals surface area contributed by atoms with Crippen molar-refractivity contribution >= 4 is 39.9 Å². The Hall–Kier alpha value is -12.9. The lowest BCUT2D eigenvalue weighted by Gasteiger charge is -2.16. The molecule has 490 valence electrons. The number of benzene rings is 13. The maximum atomic E-state index is 13.8. The van der Waals surface area contributed by atoms with Gasteiger partial charge in [0.05, 0.1) is 5.56 Å². The number of ether oxygens (including phenoxy) is 7. The van der Waals surface area contributed by atoms with Gasteiger partial charge in [0.25, 0.3) is 0 Å². The molecule has 0 spiro atoms. The molecule has 0 aromatic heterocycles.